The first-order chi connectivity index (χ1) is 8.45. The van der Waals surface area contributed by atoms with E-state index in [0.29, 0.717) is 18.7 Å². The first kappa shape index (κ1) is 14.8. The molecule has 5 heteroatoms. The molecular weight excluding hydrogens is 254 g/mol. The quantitative estimate of drug-likeness (QED) is 0.834. The molecule has 0 radical (unpaired) electrons. The number of aryl methyl sites for hydroxylation is 1. The van der Waals surface area contributed by atoms with Crippen LogP contribution in [0.15, 0.2) is 18.2 Å². The number of phenols is 1. The van der Waals surface area contributed by atoms with Crippen molar-refractivity contribution in [3.05, 3.63) is 29.3 Å². The normalized spacial score (nSPS) is 12.2. The average molecular weight is 272 g/mol. The Bertz CT molecular complexity index is 423. The molecule has 0 aromatic heterocycles. The zero-order chi connectivity index (χ0) is 13.7. The van der Waals surface area contributed by atoms with Crippen LogP contribution < -0.4 is 0 Å². The molecule has 1 amide bonds. The van der Waals surface area contributed by atoms with Gasteiger partial charge in [0, 0.05) is 20.7 Å². The molecule has 1 atom stereocenters. The van der Waals surface area contributed by atoms with E-state index < -0.39 is 0 Å². The fraction of sp³-hybridized carbons (Fsp3) is 0.462. The summed E-state index contributed by atoms with van der Waals surface area (Å²) in [6.45, 7) is 2.60. The summed E-state index contributed by atoms with van der Waals surface area (Å²) in [5.41, 5.74) is 1.21. The SMILES string of the molecule is COCC(Cl)CN(C)C(=O)c1cc(C)ccc1O. The van der Waals surface area contributed by atoms with Crippen molar-refractivity contribution in [2.24, 2.45) is 0 Å². The number of nitrogens with zero attached hydrogens (tertiary/aromatic N) is 1. The first-order valence-corrected chi connectivity index (χ1v) is 6.07. The van der Waals surface area contributed by atoms with Crippen molar-refractivity contribution in [2.45, 2.75) is 12.3 Å². The number of carbonyl (C=O) groups is 1. The van der Waals surface area contributed by atoms with Crippen molar-refractivity contribution in [3.63, 3.8) is 0 Å². The molecule has 1 N–H and O–H groups in total. The number of ether oxygens (including phenoxy) is 1. The van der Waals surface area contributed by atoms with Crippen molar-refractivity contribution in [1.29, 1.82) is 0 Å². The number of halogens is 1. The molecule has 1 aromatic rings. The number of rotatable bonds is 5. The van der Waals surface area contributed by atoms with Crippen LogP contribution in [0.25, 0.3) is 0 Å². The molecule has 100 valence electrons. The highest BCUT2D eigenvalue weighted by Crippen LogP contribution is 2.20. The molecular formula is C13H18ClNO3. The number of aromatic hydroxyl groups is 1. The lowest BCUT2D eigenvalue weighted by Crippen LogP contribution is -2.34. The lowest BCUT2D eigenvalue weighted by atomic mass is 10.1. The van der Waals surface area contributed by atoms with Gasteiger partial charge in [-0.1, -0.05) is 11.6 Å². The summed E-state index contributed by atoms with van der Waals surface area (Å²) in [4.78, 5) is 13.6. The minimum absolute atomic E-state index is 0.0182. The van der Waals surface area contributed by atoms with Crippen molar-refractivity contribution in [1.82, 2.24) is 4.90 Å². The lowest BCUT2D eigenvalue weighted by molar-refractivity contribution is 0.0778. The monoisotopic (exact) mass is 271 g/mol. The maximum atomic E-state index is 12.1. The van der Waals surface area contributed by atoms with Crippen LogP contribution in [0.3, 0.4) is 0 Å². The summed E-state index contributed by atoms with van der Waals surface area (Å²) < 4.78 is 4.91. The number of amides is 1. The van der Waals surface area contributed by atoms with Crippen molar-refractivity contribution >= 4 is 17.5 Å². The third kappa shape index (κ3) is 3.89. The van der Waals surface area contributed by atoms with E-state index in [1.165, 1.54) is 11.0 Å². The summed E-state index contributed by atoms with van der Waals surface area (Å²) in [5.74, 6) is -0.270. The van der Waals surface area contributed by atoms with Gasteiger partial charge in [-0.05, 0) is 19.1 Å². The third-order valence-corrected chi connectivity index (χ3v) is 2.81. The number of hydrogen-bond donors (Lipinski definition) is 1. The smallest absolute Gasteiger partial charge is 0.257 e. The molecule has 0 spiro atoms. The molecule has 0 bridgehead atoms. The zero-order valence-corrected chi connectivity index (χ0v) is 11.6. The molecule has 4 nitrogen and oxygen atoms in total. The first-order valence-electron chi connectivity index (χ1n) is 5.63. The Morgan fingerprint density at radius 2 is 2.22 bits per heavy atom. The minimum Gasteiger partial charge on any atom is -0.507 e. The number of alkyl halides is 1. The van der Waals surface area contributed by atoms with Crippen LogP contribution in [0.2, 0.25) is 0 Å². The van der Waals surface area contributed by atoms with Gasteiger partial charge in [0.1, 0.15) is 5.75 Å². The van der Waals surface area contributed by atoms with Crippen LogP contribution in [0, 0.1) is 6.92 Å². The standard InChI is InChI=1S/C13H18ClNO3/c1-9-4-5-12(16)11(6-9)13(17)15(2)7-10(14)8-18-3/h4-6,10,16H,7-8H2,1-3H3. The van der Waals surface area contributed by atoms with Crippen LogP contribution in [0.5, 0.6) is 5.75 Å². The average Bonchev–Trinajstić information content (AvgIpc) is 2.31. The second-order valence-corrected chi connectivity index (χ2v) is 4.88. The maximum Gasteiger partial charge on any atom is 0.257 e. The van der Waals surface area contributed by atoms with E-state index in [2.05, 4.69) is 0 Å². The van der Waals surface area contributed by atoms with E-state index in [4.69, 9.17) is 16.3 Å². The molecule has 0 aliphatic heterocycles. The molecule has 0 heterocycles. The van der Waals surface area contributed by atoms with Gasteiger partial charge >= 0.3 is 0 Å². The summed E-state index contributed by atoms with van der Waals surface area (Å²) in [6.07, 6.45) is 0. The maximum absolute atomic E-state index is 12.1. The zero-order valence-electron chi connectivity index (χ0n) is 10.8. The van der Waals surface area contributed by atoms with Crippen molar-refractivity contribution in [2.75, 3.05) is 27.3 Å². The van der Waals surface area contributed by atoms with E-state index in [1.54, 1.807) is 26.3 Å². The topological polar surface area (TPSA) is 49.8 Å². The predicted octanol–water partition coefficient (Wildman–Crippen LogP) is 2.03. The fourth-order valence-corrected chi connectivity index (χ4v) is 1.97. The number of benzene rings is 1. The van der Waals surface area contributed by atoms with Crippen molar-refractivity contribution < 1.29 is 14.6 Å². The number of carbonyl (C=O) groups excluding carboxylic acids is 1. The van der Waals surface area contributed by atoms with Gasteiger partial charge in [0.05, 0.1) is 17.5 Å². The molecule has 0 fully saturated rings. The molecule has 1 aromatic carbocycles. The molecule has 18 heavy (non-hydrogen) atoms. The Morgan fingerprint density at radius 3 is 2.83 bits per heavy atom. The highest BCUT2D eigenvalue weighted by molar-refractivity contribution is 6.21. The van der Waals surface area contributed by atoms with Crippen LogP contribution in [0.1, 0.15) is 15.9 Å². The molecule has 0 saturated carbocycles. The number of hydrogen-bond acceptors (Lipinski definition) is 3. The Kier molecular flexibility index (Phi) is 5.44. The fourth-order valence-electron chi connectivity index (χ4n) is 1.64. The second kappa shape index (κ2) is 6.61. The number of phenolic OH excluding ortho intramolecular Hbond substituents is 1. The van der Waals surface area contributed by atoms with Crippen molar-refractivity contribution in [3.8, 4) is 5.75 Å². The highest BCUT2D eigenvalue weighted by Gasteiger charge is 2.18. The van der Waals surface area contributed by atoms with Gasteiger partial charge in [0.2, 0.25) is 0 Å². The van der Waals surface area contributed by atoms with Crippen LogP contribution in [0.4, 0.5) is 0 Å². The third-order valence-electron chi connectivity index (χ3n) is 2.55. The Hall–Kier alpha value is -1.26. The van der Waals surface area contributed by atoms with E-state index in [-0.39, 0.29) is 17.0 Å². The highest BCUT2D eigenvalue weighted by atomic mass is 35.5. The predicted molar refractivity (Wildman–Crippen MR) is 71.3 cm³/mol. The molecule has 1 unspecified atom stereocenters. The Balaban J connectivity index is 2.77. The molecule has 1 rings (SSSR count). The summed E-state index contributed by atoms with van der Waals surface area (Å²) >= 11 is 6.00. The van der Waals surface area contributed by atoms with Gasteiger partial charge in [0.25, 0.3) is 5.91 Å². The van der Waals surface area contributed by atoms with Crippen LogP contribution >= 0.6 is 11.6 Å². The minimum atomic E-state index is -0.268. The van der Waals surface area contributed by atoms with Gasteiger partial charge in [0.15, 0.2) is 0 Å². The van der Waals surface area contributed by atoms with Crippen LogP contribution in [-0.4, -0.2) is 48.6 Å². The van der Waals surface area contributed by atoms with Gasteiger partial charge in [-0.2, -0.15) is 0 Å². The van der Waals surface area contributed by atoms with Gasteiger partial charge < -0.3 is 14.7 Å². The second-order valence-electron chi connectivity index (χ2n) is 4.26. The van der Waals surface area contributed by atoms with E-state index in [9.17, 15) is 9.90 Å². The largest absolute Gasteiger partial charge is 0.507 e. The van der Waals surface area contributed by atoms with E-state index >= 15 is 0 Å². The molecule has 0 saturated heterocycles. The van der Waals surface area contributed by atoms with Gasteiger partial charge in [-0.25, -0.2) is 0 Å². The molecule has 0 aliphatic rings. The van der Waals surface area contributed by atoms with Crippen LogP contribution in [-0.2, 0) is 4.74 Å². The molecule has 0 aliphatic carbocycles. The van der Waals surface area contributed by atoms with E-state index in [1.807, 2.05) is 6.92 Å². The van der Waals surface area contributed by atoms with E-state index in [0.717, 1.165) is 5.56 Å². The van der Waals surface area contributed by atoms with Gasteiger partial charge in [-0.3, -0.25) is 4.79 Å². The Labute approximate surface area is 112 Å². The summed E-state index contributed by atoms with van der Waals surface area (Å²) in [5, 5.41) is 9.42. The lowest BCUT2D eigenvalue weighted by Gasteiger charge is -2.20. The summed E-state index contributed by atoms with van der Waals surface area (Å²) in [6, 6.07) is 4.93. The van der Waals surface area contributed by atoms with Gasteiger partial charge in [-0.15, -0.1) is 11.6 Å². The summed E-state index contributed by atoms with van der Waals surface area (Å²) in [7, 11) is 3.21. The Morgan fingerprint density at radius 1 is 1.56 bits per heavy atom. The number of methoxy groups -OCH3 is 1.